The Morgan fingerprint density at radius 1 is 1.45 bits per heavy atom. The van der Waals surface area contributed by atoms with Crippen molar-refractivity contribution in [3.8, 4) is 0 Å². The predicted molar refractivity (Wildman–Crippen MR) is 81.4 cm³/mol. The zero-order chi connectivity index (χ0) is 15.1. The summed E-state index contributed by atoms with van der Waals surface area (Å²) in [5.41, 5.74) is 7.03. The van der Waals surface area contributed by atoms with Crippen LogP contribution in [0.4, 0.5) is 11.4 Å². The van der Waals surface area contributed by atoms with Crippen molar-refractivity contribution in [2.45, 2.75) is 26.3 Å². The Morgan fingerprint density at radius 2 is 2.15 bits per heavy atom. The summed E-state index contributed by atoms with van der Waals surface area (Å²) in [5.74, 6) is -0.448. The van der Waals surface area contributed by atoms with E-state index in [-0.39, 0.29) is 6.04 Å². The number of ether oxygens (including phenoxy) is 2. The Hall–Kier alpha value is -1.46. The fraction of sp³-hybridized carbons (Fsp3) is 0.500. The number of methoxy groups -OCH3 is 1. The monoisotopic (exact) mass is 300 g/mol. The van der Waals surface area contributed by atoms with Crippen LogP contribution in [-0.2, 0) is 9.47 Å². The molecule has 0 amide bonds. The molecule has 1 unspecified atom stereocenters. The number of carbonyl (C=O) groups is 1. The molecule has 1 rings (SSSR count). The molecule has 1 aromatic carbocycles. The van der Waals surface area contributed by atoms with Crippen LogP contribution in [0.5, 0.6) is 0 Å². The van der Waals surface area contributed by atoms with Crippen molar-refractivity contribution in [2.75, 3.05) is 31.4 Å². The molecule has 0 saturated carbocycles. The molecule has 0 radical (unpaired) electrons. The summed E-state index contributed by atoms with van der Waals surface area (Å²) in [7, 11) is 1.63. The Labute approximate surface area is 124 Å². The van der Waals surface area contributed by atoms with Crippen molar-refractivity contribution in [1.29, 1.82) is 0 Å². The van der Waals surface area contributed by atoms with Crippen molar-refractivity contribution in [1.82, 2.24) is 0 Å². The van der Waals surface area contributed by atoms with Crippen LogP contribution >= 0.6 is 11.6 Å². The van der Waals surface area contributed by atoms with Crippen LogP contribution < -0.4 is 11.1 Å². The molecule has 112 valence electrons. The first-order chi connectivity index (χ1) is 9.53. The third-order valence-electron chi connectivity index (χ3n) is 2.82. The van der Waals surface area contributed by atoms with Gasteiger partial charge in [-0.05, 0) is 25.5 Å². The van der Waals surface area contributed by atoms with Gasteiger partial charge in [-0.1, -0.05) is 18.5 Å². The zero-order valence-electron chi connectivity index (χ0n) is 12.0. The number of halogens is 1. The van der Waals surface area contributed by atoms with Crippen LogP contribution in [0.2, 0.25) is 5.02 Å². The fourth-order valence-electron chi connectivity index (χ4n) is 1.81. The molecule has 0 heterocycles. The molecule has 0 aliphatic carbocycles. The quantitative estimate of drug-likeness (QED) is 0.598. The fourth-order valence-corrected chi connectivity index (χ4v) is 2.09. The summed E-state index contributed by atoms with van der Waals surface area (Å²) >= 11 is 6.19. The highest BCUT2D eigenvalue weighted by molar-refractivity contribution is 6.34. The third kappa shape index (κ3) is 4.28. The Kier molecular flexibility index (Phi) is 6.61. The smallest absolute Gasteiger partial charge is 0.340 e. The van der Waals surface area contributed by atoms with Crippen molar-refractivity contribution in [3.05, 3.63) is 22.7 Å². The summed E-state index contributed by atoms with van der Waals surface area (Å²) in [4.78, 5) is 12.0. The minimum absolute atomic E-state index is 0.0503. The molecule has 0 aliphatic heterocycles. The maximum absolute atomic E-state index is 12.0. The summed E-state index contributed by atoms with van der Waals surface area (Å²) in [6.07, 6.45) is 0.830. The number of nitrogen functional groups attached to an aromatic ring is 1. The molecule has 0 saturated heterocycles. The van der Waals surface area contributed by atoms with Gasteiger partial charge in [0.1, 0.15) is 0 Å². The van der Waals surface area contributed by atoms with E-state index >= 15 is 0 Å². The molecular weight excluding hydrogens is 280 g/mol. The molecule has 0 spiro atoms. The van der Waals surface area contributed by atoms with Gasteiger partial charge in [-0.15, -0.1) is 0 Å². The molecule has 0 bridgehead atoms. The van der Waals surface area contributed by atoms with E-state index in [0.717, 1.165) is 6.42 Å². The van der Waals surface area contributed by atoms with Crippen LogP contribution in [0.1, 0.15) is 30.6 Å². The maximum atomic E-state index is 12.0. The number of hydrogen-bond donors (Lipinski definition) is 2. The van der Waals surface area contributed by atoms with E-state index in [1.165, 1.54) is 0 Å². The maximum Gasteiger partial charge on any atom is 0.340 e. The van der Waals surface area contributed by atoms with E-state index in [1.54, 1.807) is 26.2 Å². The van der Waals surface area contributed by atoms with Crippen molar-refractivity contribution < 1.29 is 14.3 Å². The number of nitrogens with one attached hydrogen (secondary N) is 1. The lowest BCUT2D eigenvalue weighted by Gasteiger charge is -2.20. The van der Waals surface area contributed by atoms with Crippen LogP contribution in [0, 0.1) is 0 Å². The molecular formula is C14H21ClN2O3. The average Bonchev–Trinajstić information content (AvgIpc) is 2.40. The first-order valence-electron chi connectivity index (χ1n) is 6.55. The SMILES string of the molecule is CCOC(=O)c1cc(N)cc(Cl)c1NC(CC)COC. The first kappa shape index (κ1) is 16.6. The molecule has 20 heavy (non-hydrogen) atoms. The topological polar surface area (TPSA) is 73.6 Å². The lowest BCUT2D eigenvalue weighted by atomic mass is 10.1. The van der Waals surface area contributed by atoms with E-state index < -0.39 is 5.97 Å². The van der Waals surface area contributed by atoms with E-state index in [2.05, 4.69) is 5.32 Å². The molecule has 0 aromatic heterocycles. The van der Waals surface area contributed by atoms with Crippen molar-refractivity contribution in [2.24, 2.45) is 0 Å². The summed E-state index contributed by atoms with van der Waals surface area (Å²) < 4.78 is 10.2. The summed E-state index contributed by atoms with van der Waals surface area (Å²) in [6, 6.07) is 3.21. The van der Waals surface area contributed by atoms with Gasteiger partial charge >= 0.3 is 5.97 Å². The molecule has 0 fully saturated rings. The lowest BCUT2D eigenvalue weighted by molar-refractivity contribution is 0.0527. The number of esters is 1. The second-order valence-corrected chi connectivity index (χ2v) is 4.76. The third-order valence-corrected chi connectivity index (χ3v) is 3.12. The van der Waals surface area contributed by atoms with Crippen LogP contribution in [0.25, 0.3) is 0 Å². The van der Waals surface area contributed by atoms with Gasteiger partial charge in [0.05, 0.1) is 29.5 Å². The standard InChI is InChI=1S/C14H21ClN2O3/c1-4-10(8-19-3)17-13-11(14(18)20-5-2)6-9(16)7-12(13)15/h6-7,10,17H,4-5,8,16H2,1-3H3. The molecule has 1 atom stereocenters. The highest BCUT2D eigenvalue weighted by Gasteiger charge is 2.19. The minimum Gasteiger partial charge on any atom is -0.462 e. The zero-order valence-corrected chi connectivity index (χ0v) is 12.8. The molecule has 5 nitrogen and oxygen atoms in total. The average molecular weight is 301 g/mol. The van der Waals surface area contributed by atoms with Crippen LogP contribution in [-0.4, -0.2) is 32.3 Å². The number of nitrogens with two attached hydrogens (primary N) is 1. The van der Waals surface area contributed by atoms with Gasteiger partial charge in [0, 0.05) is 18.8 Å². The van der Waals surface area contributed by atoms with Gasteiger partial charge in [0.2, 0.25) is 0 Å². The number of carbonyl (C=O) groups excluding carboxylic acids is 1. The number of benzene rings is 1. The molecule has 6 heteroatoms. The molecule has 3 N–H and O–H groups in total. The van der Waals surface area contributed by atoms with Gasteiger partial charge in [-0.25, -0.2) is 4.79 Å². The second-order valence-electron chi connectivity index (χ2n) is 4.35. The van der Waals surface area contributed by atoms with Gasteiger partial charge in [0.25, 0.3) is 0 Å². The Balaban J connectivity index is 3.12. The summed E-state index contributed by atoms with van der Waals surface area (Å²) in [6.45, 7) is 4.57. The van der Waals surface area contributed by atoms with Crippen LogP contribution in [0.3, 0.4) is 0 Å². The molecule has 0 aliphatic rings. The minimum atomic E-state index is -0.448. The van der Waals surface area contributed by atoms with Gasteiger partial charge in [0.15, 0.2) is 0 Å². The number of hydrogen-bond acceptors (Lipinski definition) is 5. The van der Waals surface area contributed by atoms with Gasteiger partial charge < -0.3 is 20.5 Å². The van der Waals surface area contributed by atoms with Gasteiger partial charge in [-0.2, -0.15) is 0 Å². The highest BCUT2D eigenvalue weighted by atomic mass is 35.5. The lowest BCUT2D eigenvalue weighted by Crippen LogP contribution is -2.25. The Bertz CT molecular complexity index is 466. The molecule has 1 aromatic rings. The second kappa shape index (κ2) is 7.97. The first-order valence-corrected chi connectivity index (χ1v) is 6.92. The van der Waals surface area contributed by atoms with Crippen LogP contribution in [0.15, 0.2) is 12.1 Å². The van der Waals surface area contributed by atoms with E-state index in [1.807, 2.05) is 6.92 Å². The summed E-state index contributed by atoms with van der Waals surface area (Å²) in [5, 5.41) is 3.61. The largest absolute Gasteiger partial charge is 0.462 e. The van der Waals surface area contributed by atoms with E-state index in [0.29, 0.717) is 35.2 Å². The van der Waals surface area contributed by atoms with E-state index in [9.17, 15) is 4.79 Å². The number of anilines is 2. The van der Waals surface area contributed by atoms with Gasteiger partial charge in [-0.3, -0.25) is 0 Å². The van der Waals surface area contributed by atoms with E-state index in [4.69, 9.17) is 26.8 Å². The highest BCUT2D eigenvalue weighted by Crippen LogP contribution is 2.30. The van der Waals surface area contributed by atoms with Crippen molar-refractivity contribution in [3.63, 3.8) is 0 Å². The number of rotatable bonds is 7. The Morgan fingerprint density at radius 3 is 2.70 bits per heavy atom. The predicted octanol–water partition coefficient (Wildman–Crippen LogP) is 2.94. The van der Waals surface area contributed by atoms with Crippen molar-refractivity contribution >= 4 is 28.9 Å². The normalized spacial score (nSPS) is 12.0.